The first-order chi connectivity index (χ1) is 6.76. The van der Waals surface area contributed by atoms with Crippen LogP contribution in [0.3, 0.4) is 0 Å². The highest BCUT2D eigenvalue weighted by Gasteiger charge is 2.33. The van der Waals surface area contributed by atoms with E-state index in [0.29, 0.717) is 0 Å². The maximum absolute atomic E-state index is 11.1. The van der Waals surface area contributed by atoms with Crippen LogP contribution in [-0.2, 0) is 4.79 Å². The molecule has 0 aromatic heterocycles. The molecule has 1 rings (SSSR count). The molecule has 0 aromatic rings. The molecule has 0 unspecified atom stereocenters. The van der Waals surface area contributed by atoms with Crippen LogP contribution in [0.25, 0.3) is 0 Å². The second-order valence-corrected chi connectivity index (χ2v) is 4.27. The van der Waals surface area contributed by atoms with Gasteiger partial charge in [-0.2, -0.15) is 0 Å². The summed E-state index contributed by atoms with van der Waals surface area (Å²) in [7, 11) is 1.94. The lowest BCUT2D eigenvalue weighted by molar-refractivity contribution is -0.119. The Bertz CT molecular complexity index is 174. The Morgan fingerprint density at radius 2 is 2.07 bits per heavy atom. The van der Waals surface area contributed by atoms with Gasteiger partial charge in [-0.15, -0.1) is 0 Å². The average molecular weight is 198 g/mol. The van der Waals surface area contributed by atoms with Crippen molar-refractivity contribution in [1.29, 1.82) is 0 Å². The second-order valence-electron chi connectivity index (χ2n) is 4.27. The number of carbonyl (C=O) groups is 1. The lowest BCUT2D eigenvalue weighted by atomic mass is 9.77. The van der Waals surface area contributed by atoms with Gasteiger partial charge in [0.1, 0.15) is 6.29 Å². The van der Waals surface area contributed by atoms with Gasteiger partial charge in [-0.1, -0.05) is 6.92 Å². The standard InChI is InChI=1S/C11H22N2O/c1-3-13-8-5-11(10-14,6-9-13)4-7-12-2/h10,12H,3-9H2,1-2H3. The Hall–Kier alpha value is -0.410. The minimum Gasteiger partial charge on any atom is -0.320 e. The Balaban J connectivity index is 2.43. The predicted octanol–water partition coefficient (Wildman–Crippen LogP) is 0.897. The first-order valence-electron chi connectivity index (χ1n) is 5.59. The minimum atomic E-state index is -0.0331. The largest absolute Gasteiger partial charge is 0.320 e. The monoisotopic (exact) mass is 198 g/mol. The lowest BCUT2D eigenvalue weighted by Crippen LogP contribution is -2.42. The fourth-order valence-electron chi connectivity index (χ4n) is 2.12. The van der Waals surface area contributed by atoms with Crippen LogP contribution in [0.2, 0.25) is 0 Å². The van der Waals surface area contributed by atoms with E-state index >= 15 is 0 Å². The van der Waals surface area contributed by atoms with Crippen LogP contribution in [-0.4, -0.2) is 44.4 Å². The van der Waals surface area contributed by atoms with Gasteiger partial charge in [0, 0.05) is 5.41 Å². The number of nitrogens with zero attached hydrogens (tertiary/aromatic N) is 1. The molecule has 0 bridgehead atoms. The van der Waals surface area contributed by atoms with Crippen LogP contribution in [0, 0.1) is 5.41 Å². The zero-order valence-electron chi connectivity index (χ0n) is 9.38. The summed E-state index contributed by atoms with van der Waals surface area (Å²) in [5.41, 5.74) is -0.0331. The molecule has 0 spiro atoms. The lowest BCUT2D eigenvalue weighted by Gasteiger charge is -2.37. The van der Waals surface area contributed by atoms with E-state index in [1.54, 1.807) is 0 Å². The Labute approximate surface area is 86.9 Å². The van der Waals surface area contributed by atoms with E-state index in [1.807, 2.05) is 7.05 Å². The third-order valence-corrected chi connectivity index (χ3v) is 3.42. The number of hydrogen-bond acceptors (Lipinski definition) is 3. The minimum absolute atomic E-state index is 0.0331. The fourth-order valence-corrected chi connectivity index (χ4v) is 2.12. The highest BCUT2D eigenvalue weighted by atomic mass is 16.1. The quantitative estimate of drug-likeness (QED) is 0.666. The van der Waals surface area contributed by atoms with E-state index in [2.05, 4.69) is 17.1 Å². The molecule has 1 heterocycles. The maximum atomic E-state index is 11.1. The van der Waals surface area contributed by atoms with Gasteiger partial charge in [0.2, 0.25) is 0 Å². The Morgan fingerprint density at radius 3 is 2.50 bits per heavy atom. The van der Waals surface area contributed by atoms with E-state index in [-0.39, 0.29) is 5.41 Å². The average Bonchev–Trinajstić information content (AvgIpc) is 2.27. The molecule has 1 aliphatic heterocycles. The molecule has 0 atom stereocenters. The zero-order chi connectivity index (χ0) is 10.4. The molecule has 1 saturated heterocycles. The normalized spacial score (nSPS) is 22.1. The Kier molecular flexibility index (Phi) is 4.55. The maximum Gasteiger partial charge on any atom is 0.126 e. The number of hydrogen-bond donors (Lipinski definition) is 1. The number of rotatable bonds is 5. The van der Waals surface area contributed by atoms with Crippen molar-refractivity contribution in [3.05, 3.63) is 0 Å². The molecule has 3 nitrogen and oxygen atoms in total. The van der Waals surface area contributed by atoms with E-state index in [1.165, 1.54) is 6.29 Å². The summed E-state index contributed by atoms with van der Waals surface area (Å²) < 4.78 is 0. The summed E-state index contributed by atoms with van der Waals surface area (Å²) in [5, 5.41) is 3.13. The van der Waals surface area contributed by atoms with Crippen LogP contribution in [0.5, 0.6) is 0 Å². The summed E-state index contributed by atoms with van der Waals surface area (Å²) in [4.78, 5) is 13.6. The molecule has 0 radical (unpaired) electrons. The second kappa shape index (κ2) is 5.47. The molecular formula is C11H22N2O. The van der Waals surface area contributed by atoms with Crippen molar-refractivity contribution in [3.63, 3.8) is 0 Å². The number of nitrogens with one attached hydrogen (secondary N) is 1. The molecule has 1 fully saturated rings. The van der Waals surface area contributed by atoms with Crippen LogP contribution < -0.4 is 5.32 Å². The molecule has 82 valence electrons. The fraction of sp³-hybridized carbons (Fsp3) is 0.909. The summed E-state index contributed by atoms with van der Waals surface area (Å²) in [6.45, 7) is 6.41. The van der Waals surface area contributed by atoms with E-state index in [0.717, 1.165) is 45.4 Å². The zero-order valence-corrected chi connectivity index (χ0v) is 9.38. The molecule has 0 aromatic carbocycles. The van der Waals surface area contributed by atoms with Crippen molar-refractivity contribution in [1.82, 2.24) is 10.2 Å². The van der Waals surface area contributed by atoms with Crippen molar-refractivity contribution in [3.8, 4) is 0 Å². The van der Waals surface area contributed by atoms with E-state index < -0.39 is 0 Å². The highest BCUT2D eigenvalue weighted by molar-refractivity contribution is 5.59. The number of aldehydes is 1. The molecule has 3 heteroatoms. The number of likely N-dealkylation sites (tertiary alicyclic amines) is 1. The number of carbonyl (C=O) groups excluding carboxylic acids is 1. The molecule has 0 amide bonds. The van der Waals surface area contributed by atoms with Crippen molar-refractivity contribution < 1.29 is 4.79 Å². The molecular weight excluding hydrogens is 176 g/mol. The van der Waals surface area contributed by atoms with Crippen molar-refractivity contribution in [2.45, 2.75) is 26.2 Å². The molecule has 1 N–H and O–H groups in total. The van der Waals surface area contributed by atoms with Gasteiger partial charge >= 0.3 is 0 Å². The van der Waals surface area contributed by atoms with Crippen LogP contribution in [0.4, 0.5) is 0 Å². The van der Waals surface area contributed by atoms with Gasteiger partial charge in [0.15, 0.2) is 0 Å². The van der Waals surface area contributed by atoms with Crippen LogP contribution >= 0.6 is 0 Å². The molecule has 1 aliphatic rings. The SMILES string of the molecule is CCN1CCC(C=O)(CCNC)CC1. The summed E-state index contributed by atoms with van der Waals surface area (Å²) in [6.07, 6.45) is 4.25. The predicted molar refractivity (Wildman–Crippen MR) is 58.4 cm³/mol. The van der Waals surface area contributed by atoms with Gasteiger partial charge < -0.3 is 15.0 Å². The third-order valence-electron chi connectivity index (χ3n) is 3.42. The highest BCUT2D eigenvalue weighted by Crippen LogP contribution is 2.32. The van der Waals surface area contributed by atoms with Crippen molar-refractivity contribution in [2.75, 3.05) is 33.2 Å². The van der Waals surface area contributed by atoms with Gasteiger partial charge in [-0.25, -0.2) is 0 Å². The van der Waals surface area contributed by atoms with E-state index in [9.17, 15) is 4.79 Å². The topological polar surface area (TPSA) is 32.3 Å². The van der Waals surface area contributed by atoms with Crippen molar-refractivity contribution in [2.24, 2.45) is 5.41 Å². The van der Waals surface area contributed by atoms with Crippen LogP contribution in [0.1, 0.15) is 26.2 Å². The Morgan fingerprint density at radius 1 is 1.43 bits per heavy atom. The summed E-state index contributed by atoms with van der Waals surface area (Å²) >= 11 is 0. The molecule has 14 heavy (non-hydrogen) atoms. The third kappa shape index (κ3) is 2.79. The molecule has 0 aliphatic carbocycles. The van der Waals surface area contributed by atoms with Gasteiger partial charge in [-0.05, 0) is 52.5 Å². The first kappa shape index (κ1) is 11.7. The summed E-state index contributed by atoms with van der Waals surface area (Å²) in [5.74, 6) is 0. The van der Waals surface area contributed by atoms with Crippen molar-refractivity contribution >= 4 is 6.29 Å². The summed E-state index contributed by atoms with van der Waals surface area (Å²) in [6, 6.07) is 0. The smallest absolute Gasteiger partial charge is 0.126 e. The van der Waals surface area contributed by atoms with Crippen LogP contribution in [0.15, 0.2) is 0 Å². The van der Waals surface area contributed by atoms with Gasteiger partial charge in [-0.3, -0.25) is 0 Å². The number of piperidine rings is 1. The van der Waals surface area contributed by atoms with E-state index in [4.69, 9.17) is 0 Å². The first-order valence-corrected chi connectivity index (χ1v) is 5.59. The molecule has 0 saturated carbocycles. The van der Waals surface area contributed by atoms with Gasteiger partial charge in [0.25, 0.3) is 0 Å². The van der Waals surface area contributed by atoms with Gasteiger partial charge in [0.05, 0.1) is 0 Å².